The Hall–Kier alpha value is -1.39. The number of halogens is 1. The highest BCUT2D eigenvalue weighted by Crippen LogP contribution is 2.23. The fraction of sp³-hybridized carbons (Fsp3) is 0.524. The average molecular weight is 532 g/mol. The molecular formula is C21H34IN5OS. The fourth-order valence-corrected chi connectivity index (χ4v) is 3.80. The van der Waals surface area contributed by atoms with Crippen LogP contribution in [0.1, 0.15) is 34.1 Å². The molecule has 0 saturated heterocycles. The third-order valence-electron chi connectivity index (χ3n) is 4.57. The van der Waals surface area contributed by atoms with E-state index in [4.69, 9.17) is 9.73 Å². The lowest BCUT2D eigenvalue weighted by Gasteiger charge is -2.24. The molecule has 1 aromatic heterocycles. The van der Waals surface area contributed by atoms with Crippen LogP contribution in [0.25, 0.3) is 0 Å². The van der Waals surface area contributed by atoms with Crippen molar-refractivity contribution in [1.29, 1.82) is 0 Å². The largest absolute Gasteiger partial charge is 0.497 e. The van der Waals surface area contributed by atoms with E-state index in [2.05, 4.69) is 67.5 Å². The molecule has 0 spiro atoms. The van der Waals surface area contributed by atoms with Gasteiger partial charge in [0.15, 0.2) is 5.96 Å². The molecule has 0 aliphatic carbocycles. The maximum Gasteiger partial charge on any atom is 0.191 e. The van der Waals surface area contributed by atoms with Gasteiger partial charge in [-0.05, 0) is 52.6 Å². The van der Waals surface area contributed by atoms with Gasteiger partial charge in [0, 0.05) is 24.4 Å². The van der Waals surface area contributed by atoms with E-state index in [1.165, 1.54) is 15.4 Å². The zero-order valence-corrected chi connectivity index (χ0v) is 21.4. The Labute approximate surface area is 196 Å². The Morgan fingerprint density at radius 3 is 2.62 bits per heavy atom. The SMILES string of the molecule is CCNC(=NCC(c1cccc(OC)c1)N(C)C)NCCc1nc(C)c(C)s1.I. The number of hydrogen-bond donors (Lipinski definition) is 2. The number of hydrogen-bond acceptors (Lipinski definition) is 5. The predicted molar refractivity (Wildman–Crippen MR) is 134 cm³/mol. The van der Waals surface area contributed by atoms with E-state index in [0.717, 1.165) is 36.9 Å². The summed E-state index contributed by atoms with van der Waals surface area (Å²) >= 11 is 1.77. The van der Waals surface area contributed by atoms with Gasteiger partial charge < -0.3 is 20.3 Å². The minimum absolute atomic E-state index is 0. The lowest BCUT2D eigenvalue weighted by molar-refractivity contribution is 0.305. The van der Waals surface area contributed by atoms with Crippen molar-refractivity contribution >= 4 is 41.3 Å². The molecule has 0 bridgehead atoms. The van der Waals surface area contributed by atoms with E-state index in [1.54, 1.807) is 18.4 Å². The average Bonchev–Trinajstić information content (AvgIpc) is 2.99. The van der Waals surface area contributed by atoms with Gasteiger partial charge in [0.1, 0.15) is 5.75 Å². The summed E-state index contributed by atoms with van der Waals surface area (Å²) in [6.07, 6.45) is 0.900. The van der Waals surface area contributed by atoms with Crippen molar-refractivity contribution in [3.63, 3.8) is 0 Å². The van der Waals surface area contributed by atoms with Crippen molar-refractivity contribution in [2.24, 2.45) is 4.99 Å². The third kappa shape index (κ3) is 8.10. The summed E-state index contributed by atoms with van der Waals surface area (Å²) in [5, 5.41) is 7.93. The van der Waals surface area contributed by atoms with Crippen LogP contribution in [0, 0.1) is 13.8 Å². The van der Waals surface area contributed by atoms with Crippen molar-refractivity contribution in [2.75, 3.05) is 40.8 Å². The third-order valence-corrected chi connectivity index (χ3v) is 5.71. The maximum atomic E-state index is 5.37. The molecular weight excluding hydrogens is 497 g/mol. The van der Waals surface area contributed by atoms with E-state index < -0.39 is 0 Å². The molecule has 162 valence electrons. The van der Waals surface area contributed by atoms with Crippen LogP contribution in [-0.4, -0.2) is 56.7 Å². The van der Waals surface area contributed by atoms with Crippen LogP contribution < -0.4 is 15.4 Å². The van der Waals surface area contributed by atoms with Gasteiger partial charge in [-0.15, -0.1) is 35.3 Å². The summed E-state index contributed by atoms with van der Waals surface area (Å²) in [5.74, 6) is 1.70. The first-order valence-electron chi connectivity index (χ1n) is 9.70. The molecule has 8 heteroatoms. The molecule has 2 rings (SSSR count). The van der Waals surface area contributed by atoms with Crippen molar-refractivity contribution in [2.45, 2.75) is 33.2 Å². The number of thiazole rings is 1. The molecule has 0 fully saturated rings. The zero-order chi connectivity index (χ0) is 20.5. The van der Waals surface area contributed by atoms with Gasteiger partial charge in [-0.2, -0.15) is 0 Å². The van der Waals surface area contributed by atoms with E-state index in [1.807, 2.05) is 12.1 Å². The maximum absolute atomic E-state index is 5.37. The highest BCUT2D eigenvalue weighted by atomic mass is 127. The number of likely N-dealkylation sites (N-methyl/N-ethyl adjacent to an activating group) is 1. The van der Waals surface area contributed by atoms with E-state index in [9.17, 15) is 0 Å². The number of guanidine groups is 1. The molecule has 0 aliphatic heterocycles. The monoisotopic (exact) mass is 531 g/mol. The number of aromatic nitrogens is 1. The molecule has 0 aliphatic rings. The van der Waals surface area contributed by atoms with Gasteiger partial charge in [0.2, 0.25) is 0 Å². The highest BCUT2D eigenvalue weighted by molar-refractivity contribution is 14.0. The molecule has 1 atom stereocenters. The number of nitrogens with one attached hydrogen (secondary N) is 2. The van der Waals surface area contributed by atoms with E-state index in [0.29, 0.717) is 6.54 Å². The summed E-state index contributed by atoms with van der Waals surface area (Å²) in [4.78, 5) is 12.9. The first-order valence-corrected chi connectivity index (χ1v) is 10.5. The van der Waals surface area contributed by atoms with Gasteiger partial charge in [-0.25, -0.2) is 4.98 Å². The second kappa shape index (κ2) is 13.0. The van der Waals surface area contributed by atoms with Crippen molar-refractivity contribution in [3.8, 4) is 5.75 Å². The Morgan fingerprint density at radius 2 is 2.03 bits per heavy atom. The van der Waals surface area contributed by atoms with Gasteiger partial charge in [-0.1, -0.05) is 12.1 Å². The smallest absolute Gasteiger partial charge is 0.191 e. The number of rotatable bonds is 9. The zero-order valence-electron chi connectivity index (χ0n) is 18.3. The Morgan fingerprint density at radius 1 is 1.28 bits per heavy atom. The van der Waals surface area contributed by atoms with E-state index >= 15 is 0 Å². The van der Waals surface area contributed by atoms with Crippen LogP contribution in [0.5, 0.6) is 5.75 Å². The first-order chi connectivity index (χ1) is 13.4. The molecule has 0 radical (unpaired) electrons. The Bertz CT molecular complexity index is 759. The number of methoxy groups -OCH3 is 1. The van der Waals surface area contributed by atoms with Gasteiger partial charge in [0.05, 0.1) is 30.4 Å². The van der Waals surface area contributed by atoms with Crippen LogP contribution in [0.3, 0.4) is 0 Å². The summed E-state index contributed by atoms with van der Waals surface area (Å²) in [6.45, 7) is 8.56. The molecule has 1 aromatic carbocycles. The minimum Gasteiger partial charge on any atom is -0.497 e. The van der Waals surface area contributed by atoms with Crippen LogP contribution in [-0.2, 0) is 6.42 Å². The standard InChI is InChI=1S/C21H33N5OS.HI/c1-7-22-21(23-12-11-20-25-15(2)16(3)28-20)24-14-19(26(4)5)17-9-8-10-18(13-17)27-6;/h8-10,13,19H,7,11-12,14H2,1-6H3,(H2,22,23,24);1H. The van der Waals surface area contributed by atoms with Crippen molar-refractivity contribution < 1.29 is 4.74 Å². The second-order valence-electron chi connectivity index (χ2n) is 6.90. The second-order valence-corrected chi connectivity index (χ2v) is 8.19. The van der Waals surface area contributed by atoms with Crippen molar-refractivity contribution in [1.82, 2.24) is 20.5 Å². The number of nitrogens with zero attached hydrogens (tertiary/aromatic N) is 3. The summed E-state index contributed by atoms with van der Waals surface area (Å²) < 4.78 is 5.37. The highest BCUT2D eigenvalue weighted by Gasteiger charge is 2.15. The molecule has 0 amide bonds. The lowest BCUT2D eigenvalue weighted by atomic mass is 10.1. The van der Waals surface area contributed by atoms with E-state index in [-0.39, 0.29) is 30.0 Å². The fourth-order valence-electron chi connectivity index (χ4n) is 2.87. The predicted octanol–water partition coefficient (Wildman–Crippen LogP) is 3.79. The summed E-state index contributed by atoms with van der Waals surface area (Å²) in [5.41, 5.74) is 2.32. The quantitative estimate of drug-likeness (QED) is 0.293. The lowest BCUT2D eigenvalue weighted by Crippen LogP contribution is -2.39. The Kier molecular flexibility index (Phi) is 11.5. The number of aliphatic imine (C=N–C) groups is 1. The topological polar surface area (TPSA) is 61.8 Å². The van der Waals surface area contributed by atoms with Crippen LogP contribution in [0.15, 0.2) is 29.3 Å². The summed E-state index contributed by atoms with van der Waals surface area (Å²) in [7, 11) is 5.85. The van der Waals surface area contributed by atoms with Crippen LogP contribution in [0.2, 0.25) is 0 Å². The molecule has 2 aromatic rings. The van der Waals surface area contributed by atoms with Gasteiger partial charge >= 0.3 is 0 Å². The summed E-state index contributed by atoms with van der Waals surface area (Å²) in [6, 6.07) is 8.36. The van der Waals surface area contributed by atoms with Crippen LogP contribution in [0.4, 0.5) is 0 Å². The normalized spacial score (nSPS) is 12.4. The molecule has 6 nitrogen and oxygen atoms in total. The number of benzene rings is 1. The molecule has 0 saturated carbocycles. The van der Waals surface area contributed by atoms with Gasteiger partial charge in [0.25, 0.3) is 0 Å². The Balaban J connectivity index is 0.00000420. The number of ether oxygens (including phenoxy) is 1. The van der Waals surface area contributed by atoms with Crippen LogP contribution >= 0.6 is 35.3 Å². The molecule has 29 heavy (non-hydrogen) atoms. The molecule has 1 unspecified atom stereocenters. The first kappa shape index (κ1) is 25.6. The van der Waals surface area contributed by atoms with Crippen molar-refractivity contribution in [3.05, 3.63) is 45.4 Å². The minimum atomic E-state index is 0. The van der Waals surface area contributed by atoms with Gasteiger partial charge in [-0.3, -0.25) is 4.99 Å². The number of aryl methyl sites for hydroxylation is 2. The molecule has 1 heterocycles. The molecule has 2 N–H and O–H groups in total.